The largest absolute Gasteiger partial charge is 0.384 e. The highest BCUT2D eigenvalue weighted by molar-refractivity contribution is 5.53. The Bertz CT molecular complexity index is 482. The average Bonchev–Trinajstić information content (AvgIpc) is 2.55. The summed E-state index contributed by atoms with van der Waals surface area (Å²) in [6.45, 7) is 3.81. The van der Waals surface area contributed by atoms with Gasteiger partial charge >= 0.3 is 0 Å². The fraction of sp³-hybridized carbons (Fsp3) is 0.684. The Morgan fingerprint density at radius 2 is 1.90 bits per heavy atom. The molecule has 0 amide bonds. The predicted molar refractivity (Wildman–Crippen MR) is 88.7 cm³/mol. The SMILES string of the molecule is c1ccc2c(c1)CC(CN1CCCC3CCCCC31)CN2. The molecule has 3 atom stereocenters. The first-order valence-electron chi connectivity index (χ1n) is 8.96. The summed E-state index contributed by atoms with van der Waals surface area (Å²) < 4.78 is 0. The summed E-state index contributed by atoms with van der Waals surface area (Å²) in [4.78, 5) is 2.85. The van der Waals surface area contributed by atoms with Gasteiger partial charge in [-0.05, 0) is 62.1 Å². The molecule has 0 aromatic heterocycles. The second-order valence-electron chi connectivity index (χ2n) is 7.36. The summed E-state index contributed by atoms with van der Waals surface area (Å²) in [5, 5.41) is 3.65. The Morgan fingerprint density at radius 1 is 1.05 bits per heavy atom. The average molecular weight is 284 g/mol. The number of hydrogen-bond donors (Lipinski definition) is 1. The standard InChI is InChI=1S/C19H28N2/c1-3-9-18-17(7-1)12-15(13-20-18)14-21-11-5-8-16-6-2-4-10-19(16)21/h1,3,7,9,15-16,19-20H,2,4-6,8,10-14H2. The third-order valence-electron chi connectivity index (χ3n) is 5.96. The van der Waals surface area contributed by atoms with Crippen LogP contribution < -0.4 is 5.32 Å². The minimum atomic E-state index is 0.792. The Labute approximate surface area is 128 Å². The molecule has 2 fully saturated rings. The number of anilines is 1. The highest BCUT2D eigenvalue weighted by atomic mass is 15.2. The second-order valence-corrected chi connectivity index (χ2v) is 7.36. The van der Waals surface area contributed by atoms with Crippen LogP contribution in [0.4, 0.5) is 5.69 Å². The number of fused-ring (bicyclic) bond motifs is 2. The highest BCUT2D eigenvalue weighted by Gasteiger charge is 2.34. The molecule has 1 N–H and O–H groups in total. The summed E-state index contributed by atoms with van der Waals surface area (Å²) in [7, 11) is 0. The van der Waals surface area contributed by atoms with E-state index in [1.54, 1.807) is 0 Å². The number of piperidine rings is 1. The van der Waals surface area contributed by atoms with Gasteiger partial charge in [-0.1, -0.05) is 31.0 Å². The van der Waals surface area contributed by atoms with Gasteiger partial charge in [0.2, 0.25) is 0 Å². The molecule has 1 aromatic rings. The Hall–Kier alpha value is -1.02. The third-order valence-corrected chi connectivity index (χ3v) is 5.96. The molecular weight excluding hydrogens is 256 g/mol. The van der Waals surface area contributed by atoms with Crippen molar-refractivity contribution in [2.75, 3.05) is 25.0 Å². The van der Waals surface area contributed by atoms with Crippen molar-refractivity contribution in [1.29, 1.82) is 0 Å². The number of rotatable bonds is 2. The van der Waals surface area contributed by atoms with E-state index in [-0.39, 0.29) is 0 Å². The first-order valence-corrected chi connectivity index (χ1v) is 8.96. The Morgan fingerprint density at radius 3 is 2.90 bits per heavy atom. The van der Waals surface area contributed by atoms with Gasteiger partial charge in [0.1, 0.15) is 0 Å². The lowest BCUT2D eigenvalue weighted by molar-refractivity contribution is 0.0490. The van der Waals surface area contributed by atoms with Crippen LogP contribution in [-0.2, 0) is 6.42 Å². The molecule has 114 valence electrons. The lowest BCUT2D eigenvalue weighted by Crippen LogP contribution is -2.49. The van der Waals surface area contributed by atoms with Gasteiger partial charge in [0, 0.05) is 24.8 Å². The number of para-hydroxylation sites is 1. The zero-order valence-corrected chi connectivity index (χ0v) is 13.1. The van der Waals surface area contributed by atoms with Crippen LogP contribution in [0.3, 0.4) is 0 Å². The topological polar surface area (TPSA) is 15.3 Å². The van der Waals surface area contributed by atoms with Gasteiger partial charge in [0.25, 0.3) is 0 Å². The van der Waals surface area contributed by atoms with Crippen LogP contribution in [0, 0.1) is 11.8 Å². The smallest absolute Gasteiger partial charge is 0.0372 e. The molecule has 2 heteroatoms. The van der Waals surface area contributed by atoms with E-state index in [2.05, 4.69) is 34.5 Å². The predicted octanol–water partition coefficient (Wildman–Crippen LogP) is 3.93. The van der Waals surface area contributed by atoms with E-state index in [1.165, 1.54) is 69.3 Å². The van der Waals surface area contributed by atoms with Gasteiger partial charge in [0.05, 0.1) is 0 Å². The first kappa shape index (κ1) is 13.6. The number of likely N-dealkylation sites (tertiary alicyclic amines) is 1. The molecule has 2 heterocycles. The van der Waals surface area contributed by atoms with E-state index >= 15 is 0 Å². The molecule has 3 unspecified atom stereocenters. The van der Waals surface area contributed by atoms with Crippen LogP contribution in [0.5, 0.6) is 0 Å². The molecule has 21 heavy (non-hydrogen) atoms. The maximum atomic E-state index is 3.65. The van der Waals surface area contributed by atoms with E-state index < -0.39 is 0 Å². The zero-order valence-electron chi connectivity index (χ0n) is 13.1. The minimum Gasteiger partial charge on any atom is -0.384 e. The summed E-state index contributed by atoms with van der Waals surface area (Å²) in [5.74, 6) is 1.80. The van der Waals surface area contributed by atoms with E-state index in [0.717, 1.165) is 24.4 Å². The van der Waals surface area contributed by atoms with Crippen LogP contribution in [0.25, 0.3) is 0 Å². The van der Waals surface area contributed by atoms with Crippen molar-refractivity contribution in [3.63, 3.8) is 0 Å². The molecule has 0 spiro atoms. The maximum absolute atomic E-state index is 3.65. The molecule has 2 aliphatic heterocycles. The van der Waals surface area contributed by atoms with Crippen molar-refractivity contribution in [3.8, 4) is 0 Å². The van der Waals surface area contributed by atoms with Gasteiger partial charge in [-0.3, -0.25) is 4.90 Å². The fourth-order valence-corrected chi connectivity index (χ4v) is 4.92. The van der Waals surface area contributed by atoms with Crippen molar-refractivity contribution < 1.29 is 0 Å². The van der Waals surface area contributed by atoms with Gasteiger partial charge in [-0.2, -0.15) is 0 Å². The monoisotopic (exact) mass is 284 g/mol. The van der Waals surface area contributed by atoms with Crippen molar-refractivity contribution in [2.45, 2.75) is 51.0 Å². The Balaban J connectivity index is 1.42. The normalized spacial score (nSPS) is 32.9. The molecule has 1 aromatic carbocycles. The van der Waals surface area contributed by atoms with Crippen molar-refractivity contribution in [1.82, 2.24) is 4.90 Å². The van der Waals surface area contributed by atoms with E-state index in [9.17, 15) is 0 Å². The number of nitrogens with zero attached hydrogens (tertiary/aromatic N) is 1. The van der Waals surface area contributed by atoms with Crippen molar-refractivity contribution in [3.05, 3.63) is 29.8 Å². The van der Waals surface area contributed by atoms with E-state index in [0.29, 0.717) is 0 Å². The summed E-state index contributed by atoms with van der Waals surface area (Å²) in [6.07, 6.45) is 10.1. The summed E-state index contributed by atoms with van der Waals surface area (Å²) >= 11 is 0. The number of nitrogens with one attached hydrogen (secondary N) is 1. The van der Waals surface area contributed by atoms with Gasteiger partial charge in [-0.15, -0.1) is 0 Å². The number of hydrogen-bond acceptors (Lipinski definition) is 2. The van der Waals surface area contributed by atoms with E-state index in [1.807, 2.05) is 0 Å². The van der Waals surface area contributed by atoms with Crippen molar-refractivity contribution >= 4 is 5.69 Å². The van der Waals surface area contributed by atoms with Gasteiger partial charge < -0.3 is 5.32 Å². The molecule has 1 saturated carbocycles. The fourth-order valence-electron chi connectivity index (χ4n) is 4.92. The highest BCUT2D eigenvalue weighted by Crippen LogP contribution is 2.36. The summed E-state index contributed by atoms with van der Waals surface area (Å²) in [5.41, 5.74) is 2.88. The number of benzene rings is 1. The molecule has 0 radical (unpaired) electrons. The van der Waals surface area contributed by atoms with Crippen LogP contribution in [0.1, 0.15) is 44.1 Å². The van der Waals surface area contributed by atoms with Crippen LogP contribution >= 0.6 is 0 Å². The first-order chi connectivity index (χ1) is 10.4. The lowest BCUT2D eigenvalue weighted by atomic mass is 9.78. The van der Waals surface area contributed by atoms with Gasteiger partial charge in [0.15, 0.2) is 0 Å². The third kappa shape index (κ3) is 2.83. The van der Waals surface area contributed by atoms with Crippen LogP contribution in [0.15, 0.2) is 24.3 Å². The second kappa shape index (κ2) is 6.00. The van der Waals surface area contributed by atoms with Crippen molar-refractivity contribution in [2.24, 2.45) is 11.8 Å². The van der Waals surface area contributed by atoms with Crippen LogP contribution in [0.2, 0.25) is 0 Å². The summed E-state index contributed by atoms with van der Waals surface area (Å²) in [6, 6.07) is 9.76. The molecule has 1 saturated heterocycles. The van der Waals surface area contributed by atoms with Gasteiger partial charge in [-0.25, -0.2) is 0 Å². The molecule has 2 nitrogen and oxygen atoms in total. The van der Waals surface area contributed by atoms with E-state index in [4.69, 9.17) is 0 Å². The molecule has 0 bridgehead atoms. The molecule has 4 rings (SSSR count). The lowest BCUT2D eigenvalue weighted by Gasteiger charge is -2.45. The van der Waals surface area contributed by atoms with Crippen LogP contribution in [-0.4, -0.2) is 30.6 Å². The molecule has 3 aliphatic rings. The molecular formula is C19H28N2. The quantitative estimate of drug-likeness (QED) is 0.885. The minimum absolute atomic E-state index is 0.792. The Kier molecular flexibility index (Phi) is 3.89. The molecule has 1 aliphatic carbocycles. The maximum Gasteiger partial charge on any atom is 0.0372 e. The zero-order chi connectivity index (χ0) is 14.1.